The summed E-state index contributed by atoms with van der Waals surface area (Å²) in [6.07, 6.45) is 10.1. The highest BCUT2D eigenvalue weighted by Crippen LogP contribution is 2.45. The summed E-state index contributed by atoms with van der Waals surface area (Å²) >= 11 is 1.07. The van der Waals surface area contributed by atoms with Crippen LogP contribution in [0.1, 0.15) is 69.1 Å². The first kappa shape index (κ1) is 30.0. The van der Waals surface area contributed by atoms with Crippen molar-refractivity contribution in [3.63, 3.8) is 0 Å². The number of hydrogen-bond acceptors (Lipinski definition) is 9. The average Bonchev–Trinajstić information content (AvgIpc) is 3.75. The number of hydrogen-bond donors (Lipinski definition) is 1. The van der Waals surface area contributed by atoms with Crippen molar-refractivity contribution >= 4 is 43.4 Å². The lowest BCUT2D eigenvalue weighted by Crippen LogP contribution is -2.20. The van der Waals surface area contributed by atoms with Crippen LogP contribution in [0, 0.1) is 23.0 Å². The molecule has 0 aliphatic carbocycles. The lowest BCUT2D eigenvalue weighted by Gasteiger charge is -2.18. The topological polar surface area (TPSA) is 104 Å². The van der Waals surface area contributed by atoms with Crippen LogP contribution in [0.2, 0.25) is 0 Å². The summed E-state index contributed by atoms with van der Waals surface area (Å²) in [7, 11) is 2.21. The molecule has 2 N–H and O–H groups in total. The summed E-state index contributed by atoms with van der Waals surface area (Å²) in [4.78, 5) is 17.9. The molecular formula is C31H37F2N7OS. The van der Waals surface area contributed by atoms with Crippen molar-refractivity contribution in [2.24, 2.45) is 0 Å². The number of nitrogens with zero attached hydrogens (tertiary/aromatic N) is 6. The van der Waals surface area contributed by atoms with Crippen LogP contribution in [0.5, 0.6) is 0 Å². The molecule has 5 heterocycles. The van der Waals surface area contributed by atoms with Crippen LogP contribution in [-0.4, -0.2) is 53.1 Å². The van der Waals surface area contributed by atoms with Gasteiger partial charge in [-0.1, -0.05) is 38.0 Å². The standard InChI is InChI=1S/C22H16F2N6OS.C9H21N/c23-14-7-27-21-16(10(5-25)20(26)32-21)17(14)15-13-9-31-8-12(13)11-6-28-22(29-19(11)18(15)24)30-3-1-2-4-30;1-4-6-7-9-10(3)8-5-2/h6-7H,1-4,8-9,26H2;4-9H2,1-3H3. The molecule has 42 heavy (non-hydrogen) atoms. The maximum atomic E-state index is 16.2. The molecule has 0 amide bonds. The van der Waals surface area contributed by atoms with Gasteiger partial charge >= 0.3 is 0 Å². The highest BCUT2D eigenvalue weighted by molar-refractivity contribution is 7.22. The van der Waals surface area contributed by atoms with Crippen molar-refractivity contribution in [1.82, 2.24) is 19.9 Å². The monoisotopic (exact) mass is 593 g/mol. The number of nitriles is 1. The molecule has 0 saturated carbocycles. The van der Waals surface area contributed by atoms with Crippen LogP contribution in [0.15, 0.2) is 12.4 Å². The zero-order valence-electron chi connectivity index (χ0n) is 24.5. The van der Waals surface area contributed by atoms with Gasteiger partial charge in [-0.25, -0.2) is 23.7 Å². The summed E-state index contributed by atoms with van der Waals surface area (Å²) in [6, 6.07) is 2.02. The minimum atomic E-state index is -0.729. The average molecular weight is 594 g/mol. The third-order valence-electron chi connectivity index (χ3n) is 7.89. The smallest absolute Gasteiger partial charge is 0.225 e. The fraction of sp³-hybridized carbons (Fsp3) is 0.484. The van der Waals surface area contributed by atoms with E-state index in [9.17, 15) is 5.26 Å². The van der Waals surface area contributed by atoms with E-state index in [1.54, 1.807) is 6.20 Å². The van der Waals surface area contributed by atoms with Gasteiger partial charge in [0.05, 0.1) is 25.0 Å². The van der Waals surface area contributed by atoms with Crippen molar-refractivity contribution < 1.29 is 13.5 Å². The normalized spacial score (nSPS) is 14.5. The van der Waals surface area contributed by atoms with Crippen LogP contribution >= 0.6 is 11.3 Å². The molecule has 1 fully saturated rings. The number of unbranched alkanes of at least 4 members (excludes halogenated alkanes) is 2. The lowest BCUT2D eigenvalue weighted by atomic mass is 9.91. The molecule has 2 aliphatic heterocycles. The lowest BCUT2D eigenvalue weighted by molar-refractivity contribution is 0.135. The third kappa shape index (κ3) is 5.76. The number of aromatic nitrogens is 3. The Morgan fingerprint density at radius 1 is 1.05 bits per heavy atom. The minimum absolute atomic E-state index is 0.0259. The van der Waals surface area contributed by atoms with Gasteiger partial charge < -0.3 is 20.3 Å². The van der Waals surface area contributed by atoms with E-state index in [-0.39, 0.29) is 45.8 Å². The molecular weight excluding hydrogens is 556 g/mol. The fourth-order valence-corrected chi connectivity index (χ4v) is 6.64. The molecule has 0 atom stereocenters. The first-order valence-corrected chi connectivity index (χ1v) is 15.5. The quantitative estimate of drug-likeness (QED) is 0.223. The second kappa shape index (κ2) is 13.2. The Morgan fingerprint density at radius 2 is 1.81 bits per heavy atom. The van der Waals surface area contributed by atoms with E-state index < -0.39 is 11.6 Å². The Bertz CT molecular complexity index is 1630. The molecule has 11 heteroatoms. The van der Waals surface area contributed by atoms with E-state index >= 15 is 8.78 Å². The van der Waals surface area contributed by atoms with Crippen LogP contribution in [0.3, 0.4) is 0 Å². The molecule has 6 rings (SSSR count). The van der Waals surface area contributed by atoms with E-state index in [0.717, 1.165) is 49.0 Å². The van der Waals surface area contributed by atoms with Crippen LogP contribution in [0.25, 0.3) is 32.2 Å². The second-order valence-corrected chi connectivity index (χ2v) is 11.9. The molecule has 0 bridgehead atoms. The van der Waals surface area contributed by atoms with Gasteiger partial charge in [0.15, 0.2) is 5.82 Å². The number of fused-ring (bicyclic) bond motifs is 4. The van der Waals surface area contributed by atoms with E-state index in [1.165, 1.54) is 38.8 Å². The fourth-order valence-electron chi connectivity index (χ4n) is 5.77. The Labute approximate surface area is 249 Å². The molecule has 8 nitrogen and oxygen atoms in total. The van der Waals surface area contributed by atoms with E-state index in [4.69, 9.17) is 10.5 Å². The van der Waals surface area contributed by atoms with Gasteiger partial charge in [-0.3, -0.25) is 0 Å². The van der Waals surface area contributed by atoms with Crippen molar-refractivity contribution in [3.8, 4) is 17.2 Å². The number of thiophene rings is 1. The SMILES string of the molecule is CCCCCN(C)CCC.N#Cc1c(N)sc2ncc(F)c(-c3c4c(c5cnc(N6CCCC6)nc5c3F)COC4)c12. The summed E-state index contributed by atoms with van der Waals surface area (Å²) in [5, 5.41) is 10.6. The number of nitrogens with two attached hydrogens (primary N) is 1. The Morgan fingerprint density at radius 3 is 2.52 bits per heavy atom. The van der Waals surface area contributed by atoms with Gasteiger partial charge in [0, 0.05) is 41.2 Å². The Hall–Kier alpha value is -3.46. The molecule has 1 saturated heterocycles. The predicted octanol–water partition coefficient (Wildman–Crippen LogP) is 6.79. The maximum Gasteiger partial charge on any atom is 0.225 e. The molecule has 4 aromatic rings. The summed E-state index contributed by atoms with van der Waals surface area (Å²) in [5.74, 6) is -0.934. The molecule has 0 unspecified atom stereocenters. The van der Waals surface area contributed by atoms with Gasteiger partial charge in [0.2, 0.25) is 5.95 Å². The number of anilines is 2. The largest absolute Gasteiger partial charge is 0.389 e. The maximum absolute atomic E-state index is 16.2. The summed E-state index contributed by atoms with van der Waals surface area (Å²) in [5.41, 5.74) is 7.49. The molecule has 2 aliphatic rings. The minimum Gasteiger partial charge on any atom is -0.389 e. The third-order valence-corrected chi connectivity index (χ3v) is 8.81. The summed E-state index contributed by atoms with van der Waals surface area (Å²) < 4.78 is 37.0. The zero-order valence-corrected chi connectivity index (χ0v) is 25.3. The van der Waals surface area contributed by atoms with Gasteiger partial charge in [-0.2, -0.15) is 5.26 Å². The first-order chi connectivity index (χ1) is 20.4. The number of rotatable bonds is 8. The van der Waals surface area contributed by atoms with Crippen LogP contribution in [0.4, 0.5) is 19.7 Å². The zero-order chi connectivity index (χ0) is 29.8. The molecule has 222 valence electrons. The number of ether oxygens (including phenoxy) is 1. The molecule has 3 aromatic heterocycles. The first-order valence-electron chi connectivity index (χ1n) is 14.7. The van der Waals surface area contributed by atoms with Gasteiger partial charge in [-0.05, 0) is 56.9 Å². The molecule has 1 aromatic carbocycles. The van der Waals surface area contributed by atoms with E-state index in [2.05, 4.69) is 40.7 Å². The van der Waals surface area contributed by atoms with Gasteiger partial charge in [0.25, 0.3) is 0 Å². The predicted molar refractivity (Wildman–Crippen MR) is 164 cm³/mol. The number of nitrogen functional groups attached to an aromatic ring is 1. The van der Waals surface area contributed by atoms with Crippen LogP contribution in [-0.2, 0) is 18.0 Å². The van der Waals surface area contributed by atoms with Crippen molar-refractivity contribution in [2.45, 2.75) is 65.6 Å². The highest BCUT2D eigenvalue weighted by atomic mass is 32.1. The van der Waals surface area contributed by atoms with E-state index in [1.807, 2.05) is 11.0 Å². The van der Waals surface area contributed by atoms with Gasteiger partial charge in [-0.15, -0.1) is 0 Å². The number of pyridine rings is 1. The number of halogens is 2. The Kier molecular flexibility index (Phi) is 9.46. The highest BCUT2D eigenvalue weighted by Gasteiger charge is 2.31. The van der Waals surface area contributed by atoms with Crippen molar-refractivity contribution in [2.75, 3.05) is 43.9 Å². The molecule has 0 radical (unpaired) electrons. The number of benzene rings is 1. The Balaban J connectivity index is 0.000000305. The molecule has 0 spiro atoms. The van der Waals surface area contributed by atoms with Gasteiger partial charge in [0.1, 0.15) is 27.2 Å². The van der Waals surface area contributed by atoms with Crippen LogP contribution < -0.4 is 10.6 Å². The van der Waals surface area contributed by atoms with Crippen molar-refractivity contribution in [1.29, 1.82) is 5.26 Å². The second-order valence-electron chi connectivity index (χ2n) is 10.9. The summed E-state index contributed by atoms with van der Waals surface area (Å²) in [6.45, 7) is 9.01. The van der Waals surface area contributed by atoms with Crippen molar-refractivity contribution in [3.05, 3.63) is 40.7 Å². The van der Waals surface area contributed by atoms with E-state index in [0.29, 0.717) is 21.7 Å².